The SMILES string of the molecule is CCCC1CCN(c2c(Cl)cc(N)cc2C(=O)OC)CC1. The second-order valence-corrected chi connectivity index (χ2v) is 6.02. The Morgan fingerprint density at radius 2 is 2.10 bits per heavy atom. The maximum Gasteiger partial charge on any atom is 0.340 e. The van der Waals surface area contributed by atoms with Crippen LogP contribution < -0.4 is 10.6 Å². The number of esters is 1. The molecule has 0 saturated carbocycles. The van der Waals surface area contributed by atoms with Gasteiger partial charge in [-0.2, -0.15) is 0 Å². The summed E-state index contributed by atoms with van der Waals surface area (Å²) in [4.78, 5) is 14.2. The summed E-state index contributed by atoms with van der Waals surface area (Å²) in [5.41, 5.74) is 7.49. The minimum absolute atomic E-state index is 0.394. The second kappa shape index (κ2) is 7.03. The number of benzene rings is 1. The molecule has 2 N–H and O–H groups in total. The van der Waals surface area contributed by atoms with Crippen molar-refractivity contribution in [1.29, 1.82) is 0 Å². The van der Waals surface area contributed by atoms with Crippen LogP contribution in [0, 0.1) is 5.92 Å². The van der Waals surface area contributed by atoms with Crippen molar-refractivity contribution in [3.63, 3.8) is 0 Å². The zero-order valence-corrected chi connectivity index (χ0v) is 13.4. The summed E-state index contributed by atoms with van der Waals surface area (Å²) in [6, 6.07) is 3.34. The number of nitrogens with two attached hydrogens (primary N) is 1. The minimum atomic E-state index is -0.394. The predicted octanol–water partition coefficient (Wildman–Crippen LogP) is 3.73. The molecule has 1 fully saturated rings. The standard InChI is InChI=1S/C16H23ClN2O2/c1-3-4-11-5-7-19(8-6-11)15-13(16(20)21-2)9-12(18)10-14(15)17/h9-11H,3-8,18H2,1-2H3. The van der Waals surface area contributed by atoms with E-state index in [1.54, 1.807) is 12.1 Å². The number of anilines is 2. The number of ether oxygens (including phenoxy) is 1. The molecule has 0 atom stereocenters. The Hall–Kier alpha value is -1.42. The summed E-state index contributed by atoms with van der Waals surface area (Å²) in [6.07, 6.45) is 4.76. The molecule has 1 aromatic carbocycles. The smallest absolute Gasteiger partial charge is 0.340 e. The number of nitrogens with zero attached hydrogens (tertiary/aromatic N) is 1. The van der Waals surface area contributed by atoms with Gasteiger partial charge in [0.2, 0.25) is 0 Å². The third-order valence-corrected chi connectivity index (χ3v) is 4.41. The number of piperidine rings is 1. The van der Waals surface area contributed by atoms with Crippen molar-refractivity contribution in [2.24, 2.45) is 5.92 Å². The van der Waals surface area contributed by atoms with E-state index in [1.165, 1.54) is 20.0 Å². The molecule has 5 heteroatoms. The molecule has 0 radical (unpaired) electrons. The molecule has 0 bridgehead atoms. The number of rotatable bonds is 4. The largest absolute Gasteiger partial charge is 0.465 e. The summed E-state index contributed by atoms with van der Waals surface area (Å²) in [6.45, 7) is 4.05. The molecule has 0 amide bonds. The number of hydrogen-bond donors (Lipinski definition) is 1. The first-order valence-corrected chi connectivity index (χ1v) is 7.86. The van der Waals surface area contributed by atoms with Gasteiger partial charge in [0.15, 0.2) is 0 Å². The van der Waals surface area contributed by atoms with Gasteiger partial charge in [-0.1, -0.05) is 31.4 Å². The van der Waals surface area contributed by atoms with Crippen molar-refractivity contribution in [1.82, 2.24) is 0 Å². The molecule has 21 heavy (non-hydrogen) atoms. The van der Waals surface area contributed by atoms with Gasteiger partial charge in [0.25, 0.3) is 0 Å². The van der Waals surface area contributed by atoms with Gasteiger partial charge in [-0.05, 0) is 30.9 Å². The van der Waals surface area contributed by atoms with Gasteiger partial charge in [0, 0.05) is 18.8 Å². The van der Waals surface area contributed by atoms with Crippen LogP contribution in [0.4, 0.5) is 11.4 Å². The molecule has 1 saturated heterocycles. The number of carbonyl (C=O) groups is 1. The minimum Gasteiger partial charge on any atom is -0.465 e. The highest BCUT2D eigenvalue weighted by Gasteiger charge is 2.25. The normalized spacial score (nSPS) is 16.0. The van der Waals surface area contributed by atoms with Gasteiger partial charge >= 0.3 is 5.97 Å². The maximum atomic E-state index is 12.0. The second-order valence-electron chi connectivity index (χ2n) is 5.61. The molecular formula is C16H23ClN2O2. The number of nitrogen functional groups attached to an aromatic ring is 1. The molecule has 0 spiro atoms. The van der Waals surface area contributed by atoms with Gasteiger partial charge in [-0.15, -0.1) is 0 Å². The van der Waals surface area contributed by atoms with Gasteiger partial charge in [0.1, 0.15) is 0 Å². The van der Waals surface area contributed by atoms with E-state index in [1.807, 2.05) is 0 Å². The van der Waals surface area contributed by atoms with Crippen LogP contribution >= 0.6 is 11.6 Å². The monoisotopic (exact) mass is 310 g/mol. The van der Waals surface area contributed by atoms with Gasteiger partial charge in [-0.25, -0.2) is 4.79 Å². The Kier molecular flexibility index (Phi) is 5.34. The average molecular weight is 311 g/mol. The molecule has 116 valence electrons. The third-order valence-electron chi connectivity index (χ3n) is 4.12. The Morgan fingerprint density at radius 1 is 1.43 bits per heavy atom. The lowest BCUT2D eigenvalue weighted by molar-refractivity contribution is 0.0601. The highest BCUT2D eigenvalue weighted by molar-refractivity contribution is 6.34. The molecule has 0 aromatic heterocycles. The molecule has 4 nitrogen and oxygen atoms in total. The fraction of sp³-hybridized carbons (Fsp3) is 0.562. The van der Waals surface area contributed by atoms with E-state index in [2.05, 4.69) is 11.8 Å². The van der Waals surface area contributed by atoms with E-state index >= 15 is 0 Å². The van der Waals surface area contributed by atoms with E-state index in [-0.39, 0.29) is 0 Å². The molecule has 1 heterocycles. The van der Waals surface area contributed by atoms with Crippen LogP contribution in [0.15, 0.2) is 12.1 Å². The molecule has 1 aliphatic heterocycles. The van der Waals surface area contributed by atoms with Gasteiger partial charge < -0.3 is 15.4 Å². The van der Waals surface area contributed by atoms with Gasteiger partial charge in [0.05, 0.1) is 23.4 Å². The quantitative estimate of drug-likeness (QED) is 0.680. The Bertz CT molecular complexity index is 511. The maximum absolute atomic E-state index is 12.0. The zero-order chi connectivity index (χ0) is 15.4. The van der Waals surface area contributed by atoms with Crippen molar-refractivity contribution in [2.75, 3.05) is 30.8 Å². The van der Waals surface area contributed by atoms with Crippen LogP contribution in [0.2, 0.25) is 5.02 Å². The van der Waals surface area contributed by atoms with Crippen LogP contribution in [-0.4, -0.2) is 26.2 Å². The van der Waals surface area contributed by atoms with E-state index in [4.69, 9.17) is 22.1 Å². The molecule has 0 aliphatic carbocycles. The lowest BCUT2D eigenvalue weighted by Crippen LogP contribution is -2.35. The van der Waals surface area contributed by atoms with Crippen LogP contribution in [-0.2, 0) is 4.74 Å². The number of methoxy groups -OCH3 is 1. The van der Waals surface area contributed by atoms with Gasteiger partial charge in [-0.3, -0.25) is 0 Å². The molecular weight excluding hydrogens is 288 g/mol. The summed E-state index contributed by atoms with van der Waals surface area (Å²) in [5.74, 6) is 0.385. The Balaban J connectivity index is 2.25. The van der Waals surface area contributed by atoms with Crippen LogP contribution in [0.3, 0.4) is 0 Å². The molecule has 2 rings (SSSR count). The first-order chi connectivity index (χ1) is 10.1. The van der Waals surface area contributed by atoms with E-state index in [9.17, 15) is 4.79 Å². The molecule has 1 aromatic rings. The number of carbonyl (C=O) groups excluding carboxylic acids is 1. The van der Waals surface area contributed by atoms with Crippen molar-refractivity contribution in [2.45, 2.75) is 32.6 Å². The Morgan fingerprint density at radius 3 is 2.67 bits per heavy atom. The lowest BCUT2D eigenvalue weighted by Gasteiger charge is -2.35. The summed E-state index contributed by atoms with van der Waals surface area (Å²) in [7, 11) is 1.37. The molecule has 0 unspecified atom stereocenters. The van der Waals surface area contributed by atoms with Crippen molar-refractivity contribution in [3.05, 3.63) is 22.7 Å². The topological polar surface area (TPSA) is 55.6 Å². The third kappa shape index (κ3) is 3.62. The average Bonchev–Trinajstić information content (AvgIpc) is 2.47. The lowest BCUT2D eigenvalue weighted by atomic mass is 9.92. The zero-order valence-electron chi connectivity index (χ0n) is 12.7. The van der Waals surface area contributed by atoms with E-state index < -0.39 is 5.97 Å². The molecule has 1 aliphatic rings. The Labute approximate surface area is 131 Å². The van der Waals surface area contributed by atoms with Crippen LogP contribution in [0.5, 0.6) is 0 Å². The fourth-order valence-electron chi connectivity index (χ4n) is 3.06. The highest BCUT2D eigenvalue weighted by atomic mass is 35.5. The summed E-state index contributed by atoms with van der Waals surface area (Å²) < 4.78 is 4.86. The van der Waals surface area contributed by atoms with Crippen LogP contribution in [0.25, 0.3) is 0 Å². The number of hydrogen-bond acceptors (Lipinski definition) is 4. The summed E-state index contributed by atoms with van der Waals surface area (Å²) in [5, 5.41) is 0.518. The fourth-order valence-corrected chi connectivity index (χ4v) is 3.41. The van der Waals surface area contributed by atoms with Crippen LogP contribution in [0.1, 0.15) is 43.0 Å². The highest BCUT2D eigenvalue weighted by Crippen LogP contribution is 2.36. The van der Waals surface area contributed by atoms with E-state index in [0.29, 0.717) is 16.3 Å². The van der Waals surface area contributed by atoms with Crippen molar-refractivity contribution >= 4 is 28.9 Å². The first kappa shape index (κ1) is 16.0. The van der Waals surface area contributed by atoms with E-state index in [0.717, 1.165) is 37.5 Å². The van der Waals surface area contributed by atoms with Crippen molar-refractivity contribution < 1.29 is 9.53 Å². The predicted molar refractivity (Wildman–Crippen MR) is 87.0 cm³/mol. The first-order valence-electron chi connectivity index (χ1n) is 7.49. The van der Waals surface area contributed by atoms with Crippen molar-refractivity contribution in [3.8, 4) is 0 Å². The summed E-state index contributed by atoms with van der Waals surface area (Å²) >= 11 is 6.34. The number of halogens is 1.